The monoisotopic (exact) mass is 284 g/mol. The van der Waals surface area contributed by atoms with E-state index in [1.165, 1.54) is 17.4 Å². The predicted molar refractivity (Wildman–Crippen MR) is 82.1 cm³/mol. The molecular weight excluding hydrogens is 271 g/mol. The highest BCUT2D eigenvalue weighted by Crippen LogP contribution is 2.30. The third kappa shape index (κ3) is 2.30. The van der Waals surface area contributed by atoms with E-state index in [2.05, 4.69) is 4.98 Å². The maximum Gasteiger partial charge on any atom is 0.180 e. The maximum absolute atomic E-state index is 13.7. The molecule has 0 atom stereocenters. The highest BCUT2D eigenvalue weighted by molar-refractivity contribution is 7.15. The molecule has 100 valence electrons. The van der Waals surface area contributed by atoms with Crippen molar-refractivity contribution in [1.29, 1.82) is 0 Å². The van der Waals surface area contributed by atoms with Crippen LogP contribution in [0.25, 0.3) is 22.4 Å². The lowest BCUT2D eigenvalue weighted by atomic mass is 10.0. The Morgan fingerprint density at radius 2 is 1.65 bits per heavy atom. The molecule has 20 heavy (non-hydrogen) atoms. The summed E-state index contributed by atoms with van der Waals surface area (Å²) in [5.74, 6) is -0.214. The number of halogens is 1. The number of hydrogen-bond acceptors (Lipinski definition) is 3. The number of thiazole rings is 1. The van der Waals surface area contributed by atoms with Gasteiger partial charge in [-0.25, -0.2) is 9.37 Å². The summed E-state index contributed by atoms with van der Waals surface area (Å²) in [7, 11) is 0. The zero-order valence-electron chi connectivity index (χ0n) is 10.9. The first kappa shape index (κ1) is 12.8. The molecule has 0 saturated carbocycles. The Bertz CT molecular complexity index is 747. The van der Waals surface area contributed by atoms with Gasteiger partial charge in [-0.1, -0.05) is 42.5 Å². The third-order valence-corrected chi connectivity index (χ3v) is 3.96. The number of benzene rings is 2. The molecule has 3 aromatic rings. The summed E-state index contributed by atoms with van der Waals surface area (Å²) >= 11 is 1.47. The van der Waals surface area contributed by atoms with Crippen LogP contribution in [-0.4, -0.2) is 4.98 Å². The Balaban J connectivity index is 2.00. The standard InChI is InChI=1S/C16H13FN2S/c1-10-15(19-16(18)20-10)12-8-6-11(7-9-12)13-4-2-3-5-14(13)17/h2-9H,1H3,(H2,18,19). The number of rotatable bonds is 2. The van der Waals surface area contributed by atoms with Crippen LogP contribution < -0.4 is 5.73 Å². The molecule has 0 fully saturated rings. The molecule has 3 rings (SSSR count). The Morgan fingerprint density at radius 1 is 1.00 bits per heavy atom. The Labute approximate surface area is 120 Å². The van der Waals surface area contributed by atoms with Crippen molar-refractivity contribution in [2.24, 2.45) is 0 Å². The molecule has 0 amide bonds. The van der Waals surface area contributed by atoms with E-state index < -0.39 is 0 Å². The molecule has 0 aliphatic heterocycles. The summed E-state index contributed by atoms with van der Waals surface area (Å²) in [6, 6.07) is 14.5. The molecule has 1 aromatic heterocycles. The van der Waals surface area contributed by atoms with Crippen LogP contribution in [0.1, 0.15) is 4.88 Å². The average molecular weight is 284 g/mol. The van der Waals surface area contributed by atoms with Crippen molar-refractivity contribution in [3.63, 3.8) is 0 Å². The van der Waals surface area contributed by atoms with Crippen molar-refractivity contribution >= 4 is 16.5 Å². The molecular formula is C16H13FN2S. The van der Waals surface area contributed by atoms with Crippen LogP contribution in [0.3, 0.4) is 0 Å². The maximum atomic E-state index is 13.7. The number of nitrogens with zero attached hydrogens (tertiary/aromatic N) is 1. The van der Waals surface area contributed by atoms with E-state index >= 15 is 0 Å². The average Bonchev–Trinajstić information content (AvgIpc) is 2.79. The van der Waals surface area contributed by atoms with Gasteiger partial charge < -0.3 is 5.73 Å². The second kappa shape index (κ2) is 5.06. The summed E-state index contributed by atoms with van der Waals surface area (Å²) in [5.41, 5.74) is 9.07. The van der Waals surface area contributed by atoms with Gasteiger partial charge in [0.05, 0.1) is 5.69 Å². The van der Waals surface area contributed by atoms with Gasteiger partial charge in [-0.15, -0.1) is 11.3 Å². The summed E-state index contributed by atoms with van der Waals surface area (Å²) < 4.78 is 13.7. The van der Waals surface area contributed by atoms with E-state index in [1.807, 2.05) is 37.3 Å². The highest BCUT2D eigenvalue weighted by atomic mass is 32.1. The van der Waals surface area contributed by atoms with Gasteiger partial charge >= 0.3 is 0 Å². The number of aromatic nitrogens is 1. The van der Waals surface area contributed by atoms with E-state index in [0.29, 0.717) is 10.7 Å². The van der Waals surface area contributed by atoms with E-state index in [4.69, 9.17) is 5.73 Å². The Hall–Kier alpha value is -2.20. The van der Waals surface area contributed by atoms with Gasteiger partial charge in [0.15, 0.2) is 5.13 Å². The minimum Gasteiger partial charge on any atom is -0.375 e. The first-order valence-corrected chi connectivity index (χ1v) is 7.05. The minimum absolute atomic E-state index is 0.214. The van der Waals surface area contributed by atoms with Gasteiger partial charge in [-0.2, -0.15) is 0 Å². The topological polar surface area (TPSA) is 38.9 Å². The van der Waals surface area contributed by atoms with Gasteiger partial charge in [-0.05, 0) is 18.6 Å². The first-order chi connectivity index (χ1) is 9.65. The van der Waals surface area contributed by atoms with E-state index in [9.17, 15) is 4.39 Å². The normalized spacial score (nSPS) is 10.7. The molecule has 2 aromatic carbocycles. The lowest BCUT2D eigenvalue weighted by Gasteiger charge is -2.05. The van der Waals surface area contributed by atoms with E-state index in [0.717, 1.165) is 21.7 Å². The molecule has 1 heterocycles. The van der Waals surface area contributed by atoms with Crippen molar-refractivity contribution in [2.75, 3.05) is 5.73 Å². The smallest absolute Gasteiger partial charge is 0.180 e. The van der Waals surface area contributed by atoms with Gasteiger partial charge in [0.25, 0.3) is 0 Å². The summed E-state index contributed by atoms with van der Waals surface area (Å²) in [5, 5.41) is 0.565. The number of hydrogen-bond donors (Lipinski definition) is 1. The quantitative estimate of drug-likeness (QED) is 0.752. The van der Waals surface area contributed by atoms with Crippen molar-refractivity contribution < 1.29 is 4.39 Å². The largest absolute Gasteiger partial charge is 0.375 e. The zero-order chi connectivity index (χ0) is 14.1. The SMILES string of the molecule is Cc1sc(N)nc1-c1ccc(-c2ccccc2F)cc1. The van der Waals surface area contributed by atoms with Crippen LogP contribution in [-0.2, 0) is 0 Å². The Kier molecular flexibility index (Phi) is 3.24. The van der Waals surface area contributed by atoms with Crippen LogP contribution >= 0.6 is 11.3 Å². The first-order valence-electron chi connectivity index (χ1n) is 6.23. The molecule has 4 heteroatoms. The van der Waals surface area contributed by atoms with E-state index in [1.54, 1.807) is 12.1 Å². The fourth-order valence-corrected chi connectivity index (χ4v) is 2.90. The van der Waals surface area contributed by atoms with Crippen LogP contribution in [0.2, 0.25) is 0 Å². The number of aryl methyl sites for hydroxylation is 1. The summed E-state index contributed by atoms with van der Waals surface area (Å²) in [4.78, 5) is 5.41. The van der Waals surface area contributed by atoms with Gasteiger partial charge in [-0.3, -0.25) is 0 Å². The third-order valence-electron chi connectivity index (χ3n) is 3.16. The molecule has 0 radical (unpaired) electrons. The summed E-state index contributed by atoms with van der Waals surface area (Å²) in [6.07, 6.45) is 0. The van der Waals surface area contributed by atoms with Crippen molar-refractivity contribution in [2.45, 2.75) is 6.92 Å². The zero-order valence-corrected chi connectivity index (χ0v) is 11.7. The fourth-order valence-electron chi connectivity index (χ4n) is 2.19. The lowest BCUT2D eigenvalue weighted by molar-refractivity contribution is 0.631. The number of anilines is 1. The summed E-state index contributed by atoms with van der Waals surface area (Å²) in [6.45, 7) is 1.99. The molecule has 2 N–H and O–H groups in total. The molecule has 0 aliphatic carbocycles. The number of nitrogens with two attached hydrogens (primary N) is 1. The van der Waals surface area contributed by atoms with Crippen LogP contribution in [0.4, 0.5) is 9.52 Å². The molecule has 0 unspecified atom stereocenters. The fraction of sp³-hybridized carbons (Fsp3) is 0.0625. The van der Waals surface area contributed by atoms with Crippen LogP contribution in [0, 0.1) is 12.7 Å². The van der Waals surface area contributed by atoms with Crippen LogP contribution in [0.15, 0.2) is 48.5 Å². The van der Waals surface area contributed by atoms with Crippen molar-refractivity contribution in [3.05, 3.63) is 59.2 Å². The van der Waals surface area contributed by atoms with Crippen LogP contribution in [0.5, 0.6) is 0 Å². The van der Waals surface area contributed by atoms with Gasteiger partial charge in [0.2, 0.25) is 0 Å². The highest BCUT2D eigenvalue weighted by Gasteiger charge is 2.09. The lowest BCUT2D eigenvalue weighted by Crippen LogP contribution is -1.86. The molecule has 0 bridgehead atoms. The molecule has 0 aliphatic rings. The second-order valence-electron chi connectivity index (χ2n) is 4.51. The van der Waals surface area contributed by atoms with Gasteiger partial charge in [0, 0.05) is 16.0 Å². The van der Waals surface area contributed by atoms with E-state index in [-0.39, 0.29) is 5.82 Å². The Morgan fingerprint density at radius 3 is 2.25 bits per heavy atom. The molecule has 0 spiro atoms. The van der Waals surface area contributed by atoms with Crippen molar-refractivity contribution in [1.82, 2.24) is 4.98 Å². The predicted octanol–water partition coefficient (Wildman–Crippen LogP) is 4.51. The molecule has 0 saturated heterocycles. The second-order valence-corrected chi connectivity index (χ2v) is 5.75. The van der Waals surface area contributed by atoms with Crippen molar-refractivity contribution in [3.8, 4) is 22.4 Å². The molecule has 2 nitrogen and oxygen atoms in total. The number of nitrogen functional groups attached to an aromatic ring is 1. The van der Waals surface area contributed by atoms with Gasteiger partial charge in [0.1, 0.15) is 5.82 Å². The minimum atomic E-state index is -0.214.